The molecule has 0 aliphatic heterocycles. The van der Waals surface area contributed by atoms with E-state index in [0.717, 1.165) is 10.8 Å². The second-order valence-electron chi connectivity index (χ2n) is 9.24. The van der Waals surface area contributed by atoms with Crippen LogP contribution in [-0.2, 0) is 16.6 Å². The molecule has 36 heavy (non-hydrogen) atoms. The lowest BCUT2D eigenvalue weighted by molar-refractivity contribution is 0.0920. The van der Waals surface area contributed by atoms with Crippen LogP contribution < -0.4 is 14.8 Å². The third-order valence-corrected chi connectivity index (χ3v) is 8.81. The van der Waals surface area contributed by atoms with E-state index in [-0.39, 0.29) is 22.9 Å². The second-order valence-corrected chi connectivity index (χ2v) is 12.3. The summed E-state index contributed by atoms with van der Waals surface area (Å²) >= 11 is 7.24. The van der Waals surface area contributed by atoms with Crippen molar-refractivity contribution < 1.29 is 17.9 Å². The fourth-order valence-corrected chi connectivity index (χ4v) is 6.21. The predicted molar refractivity (Wildman–Crippen MR) is 142 cm³/mol. The summed E-state index contributed by atoms with van der Waals surface area (Å²) in [6.07, 6.45) is 2.66. The molecule has 192 valence electrons. The monoisotopic (exact) mass is 547 g/mol. The highest BCUT2D eigenvalue weighted by Gasteiger charge is 2.27. The van der Waals surface area contributed by atoms with Crippen LogP contribution in [0.15, 0.2) is 58.8 Å². The molecule has 1 fully saturated rings. The van der Waals surface area contributed by atoms with Crippen molar-refractivity contribution in [1.29, 1.82) is 0 Å². The summed E-state index contributed by atoms with van der Waals surface area (Å²) in [4.78, 5) is 17.3. The summed E-state index contributed by atoms with van der Waals surface area (Å²) < 4.78 is 33.8. The van der Waals surface area contributed by atoms with Crippen LogP contribution in [0.3, 0.4) is 0 Å². The van der Waals surface area contributed by atoms with Gasteiger partial charge in [0.2, 0.25) is 10.0 Å². The Morgan fingerprint density at radius 2 is 1.69 bits per heavy atom. The van der Waals surface area contributed by atoms with Gasteiger partial charge in [0.1, 0.15) is 23.1 Å². The number of carbonyl (C=O) groups excluding carboxylic acids is 1. The lowest BCUT2D eigenvalue weighted by atomic mass is 9.92. The first-order valence-electron chi connectivity index (χ1n) is 12.0. The first-order valence-corrected chi connectivity index (χ1v) is 14.7. The Morgan fingerprint density at radius 3 is 2.33 bits per heavy atom. The highest BCUT2D eigenvalue weighted by Crippen LogP contribution is 2.23. The highest BCUT2D eigenvalue weighted by molar-refractivity contribution is 7.89. The van der Waals surface area contributed by atoms with Crippen molar-refractivity contribution >= 4 is 38.9 Å². The number of amides is 1. The third kappa shape index (κ3) is 7.06. The van der Waals surface area contributed by atoms with Gasteiger partial charge in [-0.25, -0.2) is 18.1 Å². The molecule has 2 aromatic carbocycles. The number of aromatic nitrogens is 1. The molecule has 4 rings (SSSR count). The van der Waals surface area contributed by atoms with Gasteiger partial charge < -0.3 is 10.1 Å². The Kier molecular flexibility index (Phi) is 8.66. The van der Waals surface area contributed by atoms with Gasteiger partial charge in [0.25, 0.3) is 5.91 Å². The average Bonchev–Trinajstić information content (AvgIpc) is 3.34. The zero-order chi connectivity index (χ0) is 25.7. The van der Waals surface area contributed by atoms with Crippen LogP contribution in [0.5, 0.6) is 5.75 Å². The number of carbonyl (C=O) groups is 1. The molecule has 1 aliphatic carbocycles. The predicted octanol–water partition coefficient (Wildman–Crippen LogP) is 5.52. The van der Waals surface area contributed by atoms with E-state index in [1.165, 1.54) is 29.0 Å². The number of nitrogens with one attached hydrogen (secondary N) is 2. The first-order chi connectivity index (χ1) is 17.2. The van der Waals surface area contributed by atoms with E-state index < -0.39 is 10.0 Å². The smallest absolute Gasteiger partial charge is 0.270 e. The summed E-state index contributed by atoms with van der Waals surface area (Å²) in [6, 6.07) is 13.9. The molecule has 2 N–H and O–H groups in total. The lowest BCUT2D eigenvalue weighted by Crippen LogP contribution is -2.43. The highest BCUT2D eigenvalue weighted by atomic mass is 35.5. The maximum Gasteiger partial charge on any atom is 0.270 e. The fourth-order valence-electron chi connectivity index (χ4n) is 4.09. The molecule has 3 aromatic rings. The molecule has 1 amide bonds. The number of nitrogens with zero attached hydrogens (tertiary/aromatic N) is 1. The minimum absolute atomic E-state index is 0.0188. The molecular weight excluding hydrogens is 518 g/mol. The molecule has 1 heterocycles. The van der Waals surface area contributed by atoms with Gasteiger partial charge in [-0.1, -0.05) is 37.6 Å². The second kappa shape index (κ2) is 11.7. The zero-order valence-corrected chi connectivity index (χ0v) is 22.6. The molecule has 1 aliphatic rings. The third-order valence-electron chi connectivity index (χ3n) is 6.20. The standard InChI is InChI=1S/C26H30ClN3O4S2/c1-17(2)18-3-11-22(12-4-18)34-15-25-29-24(16-35-25)26(31)28-20-7-9-21(10-8-20)30-36(32,33)23-13-5-19(27)6-14-23/h3-6,11-14,16-17,20-21,30H,7-10,15H2,1-2H3,(H,28,31). The van der Waals surface area contributed by atoms with Gasteiger partial charge in [-0.05, 0) is 73.6 Å². The number of ether oxygens (including phenoxy) is 1. The van der Waals surface area contributed by atoms with Gasteiger partial charge in [0.05, 0.1) is 4.90 Å². The summed E-state index contributed by atoms with van der Waals surface area (Å²) in [6.45, 7) is 4.60. The number of hydrogen-bond donors (Lipinski definition) is 2. The topological polar surface area (TPSA) is 97.4 Å². The number of halogens is 1. The van der Waals surface area contributed by atoms with E-state index in [9.17, 15) is 13.2 Å². The quantitative estimate of drug-likeness (QED) is 0.368. The molecule has 0 bridgehead atoms. The molecule has 7 nitrogen and oxygen atoms in total. The number of thiazole rings is 1. The van der Waals surface area contributed by atoms with Crippen molar-refractivity contribution in [2.24, 2.45) is 0 Å². The summed E-state index contributed by atoms with van der Waals surface area (Å²) in [5.41, 5.74) is 1.63. The van der Waals surface area contributed by atoms with Crippen LogP contribution in [0, 0.1) is 0 Å². The van der Waals surface area contributed by atoms with Gasteiger partial charge in [0.15, 0.2) is 0 Å². The minimum atomic E-state index is -3.61. The van der Waals surface area contributed by atoms with Crippen molar-refractivity contribution in [2.75, 3.05) is 0 Å². The Labute approximate surface area is 221 Å². The summed E-state index contributed by atoms with van der Waals surface area (Å²) in [7, 11) is -3.61. The largest absolute Gasteiger partial charge is 0.486 e. The lowest BCUT2D eigenvalue weighted by Gasteiger charge is -2.29. The number of hydrogen-bond acceptors (Lipinski definition) is 6. The van der Waals surface area contributed by atoms with Crippen molar-refractivity contribution in [2.45, 2.75) is 69.0 Å². The van der Waals surface area contributed by atoms with E-state index in [1.807, 2.05) is 12.1 Å². The maximum absolute atomic E-state index is 12.7. The van der Waals surface area contributed by atoms with Gasteiger partial charge >= 0.3 is 0 Å². The van der Waals surface area contributed by atoms with Crippen LogP contribution in [-0.4, -0.2) is 31.4 Å². The van der Waals surface area contributed by atoms with Crippen molar-refractivity contribution in [3.63, 3.8) is 0 Å². The fraction of sp³-hybridized carbons (Fsp3) is 0.385. The zero-order valence-electron chi connectivity index (χ0n) is 20.2. The van der Waals surface area contributed by atoms with E-state index in [2.05, 4.69) is 41.0 Å². The molecule has 1 saturated carbocycles. The van der Waals surface area contributed by atoms with Crippen LogP contribution in [0.4, 0.5) is 0 Å². The van der Waals surface area contributed by atoms with Gasteiger partial charge in [-0.2, -0.15) is 0 Å². The van der Waals surface area contributed by atoms with Gasteiger partial charge in [-0.3, -0.25) is 4.79 Å². The van der Waals surface area contributed by atoms with Crippen molar-refractivity contribution in [1.82, 2.24) is 15.0 Å². The van der Waals surface area contributed by atoms with E-state index in [4.69, 9.17) is 16.3 Å². The number of benzene rings is 2. The number of rotatable bonds is 9. The van der Waals surface area contributed by atoms with Crippen LogP contribution in [0.2, 0.25) is 5.02 Å². The Balaban J connectivity index is 1.23. The van der Waals surface area contributed by atoms with E-state index in [1.54, 1.807) is 17.5 Å². The van der Waals surface area contributed by atoms with Crippen molar-refractivity contribution in [3.8, 4) is 5.75 Å². The Morgan fingerprint density at radius 1 is 1.06 bits per heavy atom. The molecule has 0 spiro atoms. The summed E-state index contributed by atoms with van der Waals surface area (Å²) in [5, 5.41) is 5.99. The molecule has 0 unspecified atom stereocenters. The van der Waals surface area contributed by atoms with Crippen LogP contribution >= 0.6 is 22.9 Å². The van der Waals surface area contributed by atoms with E-state index in [0.29, 0.717) is 48.9 Å². The van der Waals surface area contributed by atoms with E-state index >= 15 is 0 Å². The first kappa shape index (κ1) is 26.6. The maximum atomic E-state index is 12.7. The SMILES string of the molecule is CC(C)c1ccc(OCc2nc(C(=O)NC3CCC(NS(=O)(=O)c4ccc(Cl)cc4)CC3)cs2)cc1. The number of sulfonamides is 1. The van der Waals surface area contributed by atoms with Gasteiger partial charge in [0, 0.05) is 22.5 Å². The summed E-state index contributed by atoms with van der Waals surface area (Å²) in [5.74, 6) is 1.01. The molecular formula is C26H30ClN3O4S2. The molecule has 0 atom stereocenters. The molecule has 0 radical (unpaired) electrons. The Hall–Kier alpha value is -2.46. The van der Waals surface area contributed by atoms with Crippen molar-refractivity contribution in [3.05, 3.63) is 75.2 Å². The minimum Gasteiger partial charge on any atom is -0.486 e. The van der Waals surface area contributed by atoms with Crippen LogP contribution in [0.1, 0.15) is 66.5 Å². The molecule has 10 heteroatoms. The van der Waals surface area contributed by atoms with Crippen LogP contribution in [0.25, 0.3) is 0 Å². The Bertz CT molecular complexity index is 1270. The molecule has 1 aromatic heterocycles. The molecule has 0 saturated heterocycles. The average molecular weight is 548 g/mol. The normalized spacial score (nSPS) is 18.2. The van der Waals surface area contributed by atoms with Gasteiger partial charge in [-0.15, -0.1) is 11.3 Å².